The van der Waals surface area contributed by atoms with E-state index in [9.17, 15) is 8.78 Å². The number of nitrogens with one attached hydrogen (secondary N) is 1. The van der Waals surface area contributed by atoms with Crippen molar-refractivity contribution in [3.8, 4) is 6.07 Å². The van der Waals surface area contributed by atoms with Gasteiger partial charge in [-0.3, -0.25) is 0 Å². The Morgan fingerprint density at radius 2 is 1.65 bits per heavy atom. The van der Waals surface area contributed by atoms with Gasteiger partial charge in [-0.15, -0.1) is 0 Å². The molecule has 1 N–H and O–H groups in total. The number of rotatable bonds is 2. The van der Waals surface area contributed by atoms with Crippen LogP contribution >= 0.6 is 23.2 Å². The predicted octanol–water partition coefficient (Wildman–Crippen LogP) is 5.20. The summed E-state index contributed by atoms with van der Waals surface area (Å²) in [4.78, 5) is 0. The molecule has 102 valence electrons. The van der Waals surface area contributed by atoms with Crippen molar-refractivity contribution in [2.75, 3.05) is 5.32 Å². The molecular weight excluding hydrogens is 305 g/mol. The first-order valence-electron chi connectivity index (χ1n) is 5.54. The van der Waals surface area contributed by atoms with Crippen molar-refractivity contribution >= 4 is 34.6 Å². The molecule has 2 aromatic rings. The maximum atomic E-state index is 13.8. The SMILES string of the molecule is Cc1cc(Cl)c(Nc2c(F)cc(C#N)cc2F)cc1Cl. The summed E-state index contributed by atoms with van der Waals surface area (Å²) >= 11 is 11.9. The van der Waals surface area contributed by atoms with Crippen molar-refractivity contribution in [3.05, 3.63) is 57.1 Å². The van der Waals surface area contributed by atoms with Crippen molar-refractivity contribution in [2.45, 2.75) is 6.92 Å². The molecule has 2 nitrogen and oxygen atoms in total. The highest BCUT2D eigenvalue weighted by Crippen LogP contribution is 2.33. The van der Waals surface area contributed by atoms with Gasteiger partial charge in [-0.2, -0.15) is 5.26 Å². The number of nitriles is 1. The maximum absolute atomic E-state index is 13.8. The van der Waals surface area contributed by atoms with Gasteiger partial charge < -0.3 is 5.32 Å². The zero-order valence-electron chi connectivity index (χ0n) is 10.3. The first-order chi connectivity index (χ1) is 9.42. The molecule has 0 unspecified atom stereocenters. The summed E-state index contributed by atoms with van der Waals surface area (Å²) in [6.07, 6.45) is 0. The van der Waals surface area contributed by atoms with Crippen LogP contribution in [0.25, 0.3) is 0 Å². The highest BCUT2D eigenvalue weighted by molar-refractivity contribution is 6.35. The summed E-state index contributed by atoms with van der Waals surface area (Å²) in [6.45, 7) is 1.76. The fraction of sp³-hybridized carbons (Fsp3) is 0.0714. The molecule has 0 fully saturated rings. The number of aryl methyl sites for hydroxylation is 1. The molecule has 6 heteroatoms. The summed E-state index contributed by atoms with van der Waals surface area (Å²) in [5.41, 5.74) is 0.553. The van der Waals surface area contributed by atoms with Gasteiger partial charge in [0.2, 0.25) is 0 Å². The number of nitrogens with zero attached hydrogens (tertiary/aromatic N) is 1. The highest BCUT2D eigenvalue weighted by Gasteiger charge is 2.13. The smallest absolute Gasteiger partial charge is 0.150 e. The Bertz CT molecular complexity index is 701. The molecular formula is C14H8Cl2F2N2. The van der Waals surface area contributed by atoms with Crippen molar-refractivity contribution < 1.29 is 8.78 Å². The van der Waals surface area contributed by atoms with Gasteiger partial charge in [0.05, 0.1) is 22.3 Å². The average Bonchev–Trinajstić information content (AvgIpc) is 2.39. The number of hydrogen-bond donors (Lipinski definition) is 1. The average molecular weight is 313 g/mol. The quantitative estimate of drug-likeness (QED) is 0.827. The second kappa shape index (κ2) is 5.66. The predicted molar refractivity (Wildman–Crippen MR) is 75.6 cm³/mol. The van der Waals surface area contributed by atoms with Crippen LogP contribution in [0, 0.1) is 29.9 Å². The van der Waals surface area contributed by atoms with E-state index < -0.39 is 11.6 Å². The zero-order valence-corrected chi connectivity index (χ0v) is 11.8. The molecule has 0 aliphatic heterocycles. The molecule has 0 aromatic heterocycles. The van der Waals surface area contributed by atoms with Crippen LogP contribution < -0.4 is 5.32 Å². The van der Waals surface area contributed by atoms with E-state index >= 15 is 0 Å². The van der Waals surface area contributed by atoms with Crippen LogP contribution in [0.3, 0.4) is 0 Å². The lowest BCUT2D eigenvalue weighted by molar-refractivity contribution is 0.590. The minimum absolute atomic E-state index is 0.0985. The lowest BCUT2D eigenvalue weighted by Gasteiger charge is -2.12. The summed E-state index contributed by atoms with van der Waals surface area (Å²) in [5.74, 6) is -1.76. The third kappa shape index (κ3) is 2.84. The largest absolute Gasteiger partial charge is 0.349 e. The van der Waals surface area contributed by atoms with E-state index in [1.165, 1.54) is 6.07 Å². The Labute approximate surface area is 124 Å². The van der Waals surface area contributed by atoms with Crippen LogP contribution in [0.15, 0.2) is 24.3 Å². The van der Waals surface area contributed by atoms with Crippen molar-refractivity contribution in [3.63, 3.8) is 0 Å². The monoisotopic (exact) mass is 312 g/mol. The molecule has 0 atom stereocenters. The molecule has 20 heavy (non-hydrogen) atoms. The van der Waals surface area contributed by atoms with E-state index in [1.54, 1.807) is 19.1 Å². The molecule has 0 amide bonds. The van der Waals surface area contributed by atoms with Crippen LogP contribution in [0.1, 0.15) is 11.1 Å². The Morgan fingerprint density at radius 1 is 1.05 bits per heavy atom. The summed E-state index contributed by atoms with van der Waals surface area (Å²) in [5, 5.41) is 11.9. The van der Waals surface area contributed by atoms with Gasteiger partial charge in [-0.25, -0.2) is 8.78 Å². The van der Waals surface area contributed by atoms with Gasteiger partial charge in [-0.05, 0) is 36.8 Å². The Balaban J connectivity index is 2.46. The lowest BCUT2D eigenvalue weighted by Crippen LogP contribution is -1.99. The van der Waals surface area contributed by atoms with Crippen LogP contribution in [-0.4, -0.2) is 0 Å². The molecule has 0 spiro atoms. The molecule has 0 saturated carbocycles. The van der Waals surface area contributed by atoms with Crippen molar-refractivity contribution in [1.29, 1.82) is 5.26 Å². The number of hydrogen-bond acceptors (Lipinski definition) is 2. The van der Waals surface area contributed by atoms with Gasteiger partial charge >= 0.3 is 0 Å². The fourth-order valence-electron chi connectivity index (χ4n) is 1.63. The molecule has 0 heterocycles. The second-order valence-electron chi connectivity index (χ2n) is 4.13. The van der Waals surface area contributed by atoms with Gasteiger partial charge in [0, 0.05) is 5.02 Å². The van der Waals surface area contributed by atoms with E-state index in [0.717, 1.165) is 17.7 Å². The van der Waals surface area contributed by atoms with Gasteiger partial charge in [0.15, 0.2) is 11.6 Å². The fourth-order valence-corrected chi connectivity index (χ4v) is 2.06. The third-order valence-electron chi connectivity index (χ3n) is 2.68. The van der Waals surface area contributed by atoms with Crippen molar-refractivity contribution in [1.82, 2.24) is 0 Å². The van der Waals surface area contributed by atoms with E-state index in [0.29, 0.717) is 5.02 Å². The first-order valence-corrected chi connectivity index (χ1v) is 6.29. The molecule has 2 rings (SSSR count). The molecule has 0 aliphatic carbocycles. The van der Waals surface area contributed by atoms with E-state index in [4.69, 9.17) is 28.5 Å². The lowest BCUT2D eigenvalue weighted by atomic mass is 10.1. The molecule has 0 bridgehead atoms. The van der Waals surface area contributed by atoms with Gasteiger partial charge in [0.1, 0.15) is 5.69 Å². The van der Waals surface area contributed by atoms with E-state index in [-0.39, 0.29) is 22.0 Å². The Hall–Kier alpha value is -1.83. The number of benzene rings is 2. The van der Waals surface area contributed by atoms with Crippen LogP contribution in [0.4, 0.5) is 20.2 Å². The topological polar surface area (TPSA) is 35.8 Å². The van der Waals surface area contributed by atoms with E-state index in [2.05, 4.69) is 5.32 Å². The summed E-state index contributed by atoms with van der Waals surface area (Å²) in [6, 6.07) is 6.62. The van der Waals surface area contributed by atoms with Crippen LogP contribution in [-0.2, 0) is 0 Å². The molecule has 0 radical (unpaired) electrons. The minimum Gasteiger partial charge on any atom is -0.349 e. The first kappa shape index (κ1) is 14.6. The summed E-state index contributed by atoms with van der Waals surface area (Å²) in [7, 11) is 0. The molecule has 2 aromatic carbocycles. The van der Waals surface area contributed by atoms with Crippen LogP contribution in [0.2, 0.25) is 10.0 Å². The number of anilines is 2. The number of halogens is 4. The molecule has 0 saturated heterocycles. The normalized spacial score (nSPS) is 10.2. The molecule has 0 aliphatic rings. The Morgan fingerprint density at radius 3 is 2.20 bits per heavy atom. The van der Waals surface area contributed by atoms with Gasteiger partial charge in [-0.1, -0.05) is 23.2 Å². The third-order valence-corrected chi connectivity index (χ3v) is 3.40. The highest BCUT2D eigenvalue weighted by atomic mass is 35.5. The van der Waals surface area contributed by atoms with E-state index in [1.807, 2.05) is 0 Å². The van der Waals surface area contributed by atoms with Crippen LogP contribution in [0.5, 0.6) is 0 Å². The second-order valence-corrected chi connectivity index (χ2v) is 4.95. The minimum atomic E-state index is -0.880. The Kier molecular flexibility index (Phi) is 4.12. The van der Waals surface area contributed by atoms with Crippen molar-refractivity contribution in [2.24, 2.45) is 0 Å². The standard InChI is InChI=1S/C14H8Cl2F2N2/c1-7-2-10(16)13(5-9(7)15)20-14-11(17)3-8(6-19)4-12(14)18/h2-5,20H,1H3. The summed E-state index contributed by atoms with van der Waals surface area (Å²) < 4.78 is 27.5. The zero-order chi connectivity index (χ0) is 14.9. The van der Waals surface area contributed by atoms with Gasteiger partial charge in [0.25, 0.3) is 0 Å². The maximum Gasteiger partial charge on any atom is 0.150 e.